The van der Waals surface area contributed by atoms with Gasteiger partial charge in [0.2, 0.25) is 0 Å². The Morgan fingerprint density at radius 3 is 2.25 bits per heavy atom. The van der Waals surface area contributed by atoms with Gasteiger partial charge in [0, 0.05) is 24.7 Å². The van der Waals surface area contributed by atoms with Crippen molar-refractivity contribution in [2.75, 3.05) is 0 Å². The Bertz CT molecular complexity index is 564. The summed E-state index contributed by atoms with van der Waals surface area (Å²) in [5.74, 6) is 0.925. The fourth-order valence-corrected chi connectivity index (χ4v) is 1.66. The molecule has 0 bridgehead atoms. The van der Waals surface area contributed by atoms with Gasteiger partial charge in [-0.3, -0.25) is 0 Å². The van der Waals surface area contributed by atoms with Crippen molar-refractivity contribution >= 4 is 0 Å². The van der Waals surface area contributed by atoms with Gasteiger partial charge in [-0.1, -0.05) is 18.2 Å². The van der Waals surface area contributed by atoms with E-state index in [4.69, 9.17) is 0 Å². The molecule has 2 aromatic heterocycles. The lowest BCUT2D eigenvalue weighted by Crippen LogP contribution is -1.97. The van der Waals surface area contributed by atoms with Crippen molar-refractivity contribution in [2.45, 2.75) is 0 Å². The van der Waals surface area contributed by atoms with Crippen LogP contribution in [0, 0.1) is 0 Å². The Morgan fingerprint density at radius 1 is 0.750 bits per heavy atom. The summed E-state index contributed by atoms with van der Waals surface area (Å²) in [4.78, 5) is 0. The first-order valence-electron chi connectivity index (χ1n) is 5.18. The molecular formula is C13H11N3. The first-order valence-corrected chi connectivity index (χ1v) is 5.18. The third kappa shape index (κ3) is 1.52. The van der Waals surface area contributed by atoms with Crippen molar-refractivity contribution in [3.8, 4) is 11.5 Å². The largest absolute Gasteiger partial charge is 0.307 e. The Labute approximate surface area is 93.6 Å². The molecule has 0 saturated carbocycles. The summed E-state index contributed by atoms with van der Waals surface area (Å²) in [6.07, 6.45) is 5.93. The molecule has 0 aliphatic rings. The number of hydrogen-bond acceptors (Lipinski definition) is 1. The predicted octanol–water partition coefficient (Wildman–Crippen LogP) is 2.66. The van der Waals surface area contributed by atoms with Crippen molar-refractivity contribution in [3.05, 3.63) is 67.1 Å². The van der Waals surface area contributed by atoms with Crippen LogP contribution in [0.1, 0.15) is 0 Å². The third-order valence-corrected chi connectivity index (χ3v) is 2.46. The highest BCUT2D eigenvalue weighted by molar-refractivity contribution is 5.33. The second kappa shape index (κ2) is 3.70. The van der Waals surface area contributed by atoms with Crippen LogP contribution in [0.2, 0.25) is 0 Å². The van der Waals surface area contributed by atoms with Crippen molar-refractivity contribution in [1.29, 1.82) is 0 Å². The highest BCUT2D eigenvalue weighted by Crippen LogP contribution is 2.09. The Morgan fingerprint density at radius 2 is 1.50 bits per heavy atom. The van der Waals surface area contributed by atoms with E-state index in [1.54, 1.807) is 0 Å². The van der Waals surface area contributed by atoms with E-state index in [0.717, 1.165) is 11.5 Å². The molecule has 1 aromatic carbocycles. The summed E-state index contributed by atoms with van der Waals surface area (Å²) in [7, 11) is 0. The molecular weight excluding hydrogens is 198 g/mol. The van der Waals surface area contributed by atoms with Crippen LogP contribution in [0.4, 0.5) is 0 Å². The SMILES string of the molecule is c1ccc(-n2ccc(-n3cccc3)n2)cc1. The minimum absolute atomic E-state index is 0.925. The molecule has 0 aliphatic heterocycles. The topological polar surface area (TPSA) is 22.8 Å². The van der Waals surface area contributed by atoms with E-state index in [-0.39, 0.29) is 0 Å². The molecule has 0 N–H and O–H groups in total. The lowest BCUT2D eigenvalue weighted by Gasteiger charge is -2.00. The molecule has 0 spiro atoms. The van der Waals surface area contributed by atoms with Gasteiger partial charge in [-0.2, -0.15) is 0 Å². The first kappa shape index (κ1) is 8.97. The number of aromatic nitrogens is 3. The Hall–Kier alpha value is -2.29. The maximum atomic E-state index is 4.50. The van der Waals surface area contributed by atoms with Gasteiger partial charge in [-0.15, -0.1) is 5.10 Å². The second-order valence-electron chi connectivity index (χ2n) is 3.54. The van der Waals surface area contributed by atoms with Crippen molar-refractivity contribution in [2.24, 2.45) is 0 Å². The van der Waals surface area contributed by atoms with Crippen molar-refractivity contribution in [1.82, 2.24) is 14.3 Å². The third-order valence-electron chi connectivity index (χ3n) is 2.46. The molecule has 0 aliphatic carbocycles. The summed E-state index contributed by atoms with van der Waals surface area (Å²) >= 11 is 0. The van der Waals surface area contributed by atoms with E-state index in [2.05, 4.69) is 5.10 Å². The fraction of sp³-hybridized carbons (Fsp3) is 0. The smallest absolute Gasteiger partial charge is 0.159 e. The zero-order valence-electron chi connectivity index (χ0n) is 8.69. The number of hydrogen-bond donors (Lipinski definition) is 0. The molecule has 0 amide bonds. The lowest BCUT2D eigenvalue weighted by molar-refractivity contribution is 0.846. The minimum atomic E-state index is 0.925. The zero-order chi connectivity index (χ0) is 10.8. The monoisotopic (exact) mass is 209 g/mol. The van der Waals surface area contributed by atoms with Gasteiger partial charge in [0.05, 0.1) is 5.69 Å². The number of nitrogens with zero attached hydrogens (tertiary/aromatic N) is 3. The summed E-state index contributed by atoms with van der Waals surface area (Å²) in [5.41, 5.74) is 1.07. The van der Waals surface area contributed by atoms with Gasteiger partial charge >= 0.3 is 0 Å². The van der Waals surface area contributed by atoms with Gasteiger partial charge in [0.1, 0.15) is 0 Å². The summed E-state index contributed by atoms with van der Waals surface area (Å²) in [5, 5.41) is 4.50. The summed E-state index contributed by atoms with van der Waals surface area (Å²) < 4.78 is 3.86. The highest BCUT2D eigenvalue weighted by Gasteiger charge is 2.00. The zero-order valence-corrected chi connectivity index (χ0v) is 8.69. The molecule has 0 radical (unpaired) electrons. The van der Waals surface area contributed by atoms with Crippen LogP contribution in [-0.2, 0) is 0 Å². The maximum Gasteiger partial charge on any atom is 0.159 e. The molecule has 16 heavy (non-hydrogen) atoms. The number of para-hydroxylation sites is 1. The van der Waals surface area contributed by atoms with Crippen LogP contribution in [-0.4, -0.2) is 14.3 Å². The first-order chi connectivity index (χ1) is 7.93. The molecule has 2 heterocycles. The molecule has 0 atom stereocenters. The van der Waals surface area contributed by atoms with Crippen molar-refractivity contribution in [3.63, 3.8) is 0 Å². The van der Waals surface area contributed by atoms with Crippen LogP contribution in [0.15, 0.2) is 67.1 Å². The van der Waals surface area contributed by atoms with Gasteiger partial charge in [0.15, 0.2) is 5.82 Å². The van der Waals surface area contributed by atoms with Crippen LogP contribution < -0.4 is 0 Å². The Balaban J connectivity index is 2.00. The Kier molecular flexibility index (Phi) is 2.07. The van der Waals surface area contributed by atoms with Crippen LogP contribution in [0.5, 0.6) is 0 Å². The van der Waals surface area contributed by atoms with E-state index in [0.29, 0.717) is 0 Å². The summed E-state index contributed by atoms with van der Waals surface area (Å²) in [6, 6.07) is 16.0. The normalized spacial score (nSPS) is 10.5. The lowest BCUT2D eigenvalue weighted by atomic mass is 10.3. The van der Waals surface area contributed by atoms with Crippen LogP contribution in [0.25, 0.3) is 11.5 Å². The quantitative estimate of drug-likeness (QED) is 0.636. The van der Waals surface area contributed by atoms with E-state index in [1.165, 1.54) is 0 Å². The molecule has 0 fully saturated rings. The average Bonchev–Trinajstić information content (AvgIpc) is 3.01. The average molecular weight is 209 g/mol. The van der Waals surface area contributed by atoms with Crippen LogP contribution in [0.3, 0.4) is 0 Å². The maximum absolute atomic E-state index is 4.50. The van der Waals surface area contributed by atoms with E-state index < -0.39 is 0 Å². The summed E-state index contributed by atoms with van der Waals surface area (Å²) in [6.45, 7) is 0. The molecule has 3 nitrogen and oxygen atoms in total. The highest BCUT2D eigenvalue weighted by atomic mass is 15.3. The van der Waals surface area contributed by atoms with Gasteiger partial charge in [-0.25, -0.2) is 4.68 Å². The molecule has 0 saturated heterocycles. The molecule has 78 valence electrons. The number of benzene rings is 1. The van der Waals surface area contributed by atoms with Crippen molar-refractivity contribution < 1.29 is 0 Å². The molecule has 3 aromatic rings. The molecule has 3 heteroatoms. The standard InChI is InChI=1S/C13H11N3/c1-2-6-12(7-3-1)16-11-8-13(14-16)15-9-4-5-10-15/h1-11H. The van der Waals surface area contributed by atoms with E-state index in [9.17, 15) is 0 Å². The van der Waals surface area contributed by atoms with Gasteiger partial charge in [0.25, 0.3) is 0 Å². The predicted molar refractivity (Wildman–Crippen MR) is 62.9 cm³/mol. The number of rotatable bonds is 2. The van der Waals surface area contributed by atoms with E-state index in [1.807, 2.05) is 76.4 Å². The molecule has 3 rings (SSSR count). The van der Waals surface area contributed by atoms with Crippen LogP contribution >= 0.6 is 0 Å². The van der Waals surface area contributed by atoms with E-state index >= 15 is 0 Å². The minimum Gasteiger partial charge on any atom is -0.307 e. The molecule has 0 unspecified atom stereocenters. The fourth-order valence-electron chi connectivity index (χ4n) is 1.66. The second-order valence-corrected chi connectivity index (χ2v) is 3.54. The van der Waals surface area contributed by atoms with Gasteiger partial charge < -0.3 is 4.57 Å². The van der Waals surface area contributed by atoms with Gasteiger partial charge in [-0.05, 0) is 24.3 Å².